The molecule has 1 aromatic carbocycles. The van der Waals surface area contributed by atoms with Gasteiger partial charge in [-0.2, -0.15) is 5.26 Å². The molecule has 0 saturated heterocycles. The van der Waals surface area contributed by atoms with Gasteiger partial charge < -0.3 is 4.98 Å². The molecule has 2 aromatic rings. The van der Waals surface area contributed by atoms with E-state index in [1.54, 1.807) is 0 Å². The maximum atomic E-state index is 9.15. The van der Waals surface area contributed by atoms with Crippen molar-refractivity contribution in [2.24, 2.45) is 0 Å². The molecular weight excluding hydrogens is 252 g/mol. The third-order valence-corrected chi connectivity index (χ3v) is 3.15. The number of nitriles is 1. The Morgan fingerprint density at radius 2 is 1.84 bits per heavy atom. The monoisotopic (exact) mass is 266 g/mol. The summed E-state index contributed by atoms with van der Waals surface area (Å²) in [5.74, 6) is 0. The van der Waals surface area contributed by atoms with Gasteiger partial charge in [-0.1, -0.05) is 54.2 Å². The molecule has 0 amide bonds. The lowest BCUT2D eigenvalue weighted by molar-refractivity contribution is 1.16. The predicted octanol–water partition coefficient (Wildman–Crippen LogP) is 4.40. The van der Waals surface area contributed by atoms with Gasteiger partial charge in [0, 0.05) is 5.69 Å². The number of rotatable bonds is 2. The lowest BCUT2D eigenvalue weighted by Crippen LogP contribution is -1.90. The van der Waals surface area contributed by atoms with Gasteiger partial charge in [0.15, 0.2) is 0 Å². The van der Waals surface area contributed by atoms with E-state index in [0.29, 0.717) is 10.2 Å². The Kier molecular flexibility index (Phi) is 3.94. The summed E-state index contributed by atoms with van der Waals surface area (Å²) in [5.41, 5.74) is 4.65. The number of hydrogen-bond acceptors (Lipinski definition) is 2. The SMILES string of the molecule is Cc1ccc(C=Cc2cc(C)[nH]c(=S)c2C#N)cc1. The number of aromatic nitrogens is 1. The molecule has 2 rings (SSSR count). The molecule has 1 N–H and O–H groups in total. The smallest absolute Gasteiger partial charge is 0.122 e. The second-order valence-corrected chi connectivity index (χ2v) is 4.88. The summed E-state index contributed by atoms with van der Waals surface area (Å²) in [7, 11) is 0. The molecule has 94 valence electrons. The van der Waals surface area contributed by atoms with E-state index in [4.69, 9.17) is 17.5 Å². The first-order valence-electron chi connectivity index (χ1n) is 5.99. The number of nitrogens with one attached hydrogen (secondary N) is 1. The van der Waals surface area contributed by atoms with E-state index in [-0.39, 0.29) is 0 Å². The molecule has 0 radical (unpaired) electrons. The molecule has 0 aliphatic heterocycles. The van der Waals surface area contributed by atoms with Crippen LogP contribution in [0.2, 0.25) is 0 Å². The molecule has 0 bridgehead atoms. The summed E-state index contributed by atoms with van der Waals surface area (Å²) < 4.78 is 0.492. The largest absolute Gasteiger partial charge is 0.349 e. The average molecular weight is 266 g/mol. The van der Waals surface area contributed by atoms with E-state index in [0.717, 1.165) is 16.8 Å². The highest BCUT2D eigenvalue weighted by Crippen LogP contribution is 2.15. The number of nitrogens with zero attached hydrogens (tertiary/aromatic N) is 1. The van der Waals surface area contributed by atoms with Gasteiger partial charge in [0.2, 0.25) is 0 Å². The maximum Gasteiger partial charge on any atom is 0.122 e. The van der Waals surface area contributed by atoms with Crippen molar-refractivity contribution in [2.45, 2.75) is 13.8 Å². The summed E-state index contributed by atoms with van der Waals surface area (Å²) in [4.78, 5) is 2.99. The minimum atomic E-state index is 0.492. The van der Waals surface area contributed by atoms with Crippen molar-refractivity contribution in [2.75, 3.05) is 0 Å². The minimum Gasteiger partial charge on any atom is -0.349 e. The quantitative estimate of drug-likeness (QED) is 0.818. The normalized spacial score (nSPS) is 10.6. The van der Waals surface area contributed by atoms with E-state index < -0.39 is 0 Å². The van der Waals surface area contributed by atoms with Crippen molar-refractivity contribution < 1.29 is 0 Å². The Morgan fingerprint density at radius 1 is 1.16 bits per heavy atom. The fourth-order valence-electron chi connectivity index (χ4n) is 1.82. The van der Waals surface area contributed by atoms with Crippen molar-refractivity contribution in [1.82, 2.24) is 4.98 Å². The number of aromatic amines is 1. The van der Waals surface area contributed by atoms with Crippen LogP contribution in [0.3, 0.4) is 0 Å². The molecule has 0 aliphatic rings. The van der Waals surface area contributed by atoms with Crippen LogP contribution < -0.4 is 0 Å². The van der Waals surface area contributed by atoms with Gasteiger partial charge in [0.25, 0.3) is 0 Å². The van der Waals surface area contributed by atoms with Crippen LogP contribution in [0.5, 0.6) is 0 Å². The summed E-state index contributed by atoms with van der Waals surface area (Å²) in [6.07, 6.45) is 3.92. The van der Waals surface area contributed by atoms with Crippen LogP contribution in [0.4, 0.5) is 0 Å². The van der Waals surface area contributed by atoms with Crippen molar-refractivity contribution in [3.8, 4) is 6.07 Å². The third-order valence-electron chi connectivity index (χ3n) is 2.84. The summed E-state index contributed by atoms with van der Waals surface area (Å²) in [5, 5.41) is 9.15. The zero-order chi connectivity index (χ0) is 13.8. The van der Waals surface area contributed by atoms with Crippen LogP contribution in [0.15, 0.2) is 30.3 Å². The molecule has 0 spiro atoms. The van der Waals surface area contributed by atoms with Gasteiger partial charge in [-0.05, 0) is 31.0 Å². The van der Waals surface area contributed by atoms with Crippen LogP contribution in [0.25, 0.3) is 12.2 Å². The molecular formula is C16H14N2S. The third kappa shape index (κ3) is 3.18. The highest BCUT2D eigenvalue weighted by molar-refractivity contribution is 7.71. The fourth-order valence-corrected chi connectivity index (χ4v) is 2.15. The first-order chi connectivity index (χ1) is 9.10. The van der Waals surface area contributed by atoms with Gasteiger partial charge in [0.1, 0.15) is 10.7 Å². The average Bonchev–Trinajstić information content (AvgIpc) is 2.37. The number of benzene rings is 1. The zero-order valence-electron chi connectivity index (χ0n) is 10.9. The molecule has 0 aliphatic carbocycles. The zero-order valence-corrected chi connectivity index (χ0v) is 11.7. The molecule has 0 fully saturated rings. The number of aryl methyl sites for hydroxylation is 2. The van der Waals surface area contributed by atoms with Crippen molar-refractivity contribution in [3.05, 3.63) is 62.9 Å². The Balaban J connectivity index is 2.41. The first kappa shape index (κ1) is 13.3. The number of pyridine rings is 1. The predicted molar refractivity (Wildman–Crippen MR) is 81.2 cm³/mol. The summed E-state index contributed by atoms with van der Waals surface area (Å²) in [6.45, 7) is 3.99. The maximum absolute atomic E-state index is 9.15. The number of H-pyrrole nitrogens is 1. The highest BCUT2D eigenvalue weighted by atomic mass is 32.1. The lowest BCUT2D eigenvalue weighted by Gasteiger charge is -2.01. The molecule has 0 unspecified atom stereocenters. The molecule has 0 saturated carbocycles. The van der Waals surface area contributed by atoms with Crippen molar-refractivity contribution >= 4 is 24.4 Å². The van der Waals surface area contributed by atoms with Crippen LogP contribution in [0.1, 0.15) is 27.9 Å². The molecule has 0 atom stereocenters. The Hall–Kier alpha value is -2.18. The van der Waals surface area contributed by atoms with Gasteiger partial charge >= 0.3 is 0 Å². The van der Waals surface area contributed by atoms with Crippen LogP contribution >= 0.6 is 12.2 Å². The van der Waals surface area contributed by atoms with Gasteiger partial charge in [-0.25, -0.2) is 0 Å². The van der Waals surface area contributed by atoms with Gasteiger partial charge in [0.05, 0.1) is 5.56 Å². The van der Waals surface area contributed by atoms with E-state index in [9.17, 15) is 0 Å². The Morgan fingerprint density at radius 3 is 2.47 bits per heavy atom. The Bertz CT molecular complexity index is 716. The Labute approximate surface area is 118 Å². The topological polar surface area (TPSA) is 39.6 Å². The second kappa shape index (κ2) is 5.64. The van der Waals surface area contributed by atoms with Crippen LogP contribution in [0, 0.1) is 29.8 Å². The van der Waals surface area contributed by atoms with Crippen molar-refractivity contribution in [1.29, 1.82) is 5.26 Å². The standard InChI is InChI=1S/C16H14N2S/c1-11-3-5-13(6-4-11)7-8-14-9-12(2)18-16(19)15(14)10-17/h3-9H,1-2H3,(H,18,19). The summed E-state index contributed by atoms with van der Waals surface area (Å²) in [6, 6.07) is 12.3. The molecule has 1 aromatic heterocycles. The minimum absolute atomic E-state index is 0.492. The highest BCUT2D eigenvalue weighted by Gasteiger charge is 2.02. The molecule has 19 heavy (non-hydrogen) atoms. The van der Waals surface area contributed by atoms with Crippen LogP contribution in [-0.2, 0) is 0 Å². The lowest BCUT2D eigenvalue weighted by atomic mass is 10.1. The van der Waals surface area contributed by atoms with E-state index in [2.05, 4.69) is 42.2 Å². The number of hydrogen-bond donors (Lipinski definition) is 1. The van der Waals surface area contributed by atoms with Gasteiger partial charge in [-0.15, -0.1) is 0 Å². The summed E-state index contributed by atoms with van der Waals surface area (Å²) >= 11 is 5.16. The molecule has 2 nitrogen and oxygen atoms in total. The fraction of sp³-hybridized carbons (Fsp3) is 0.125. The van der Waals surface area contributed by atoms with Crippen molar-refractivity contribution in [3.63, 3.8) is 0 Å². The van der Waals surface area contributed by atoms with Crippen LogP contribution in [-0.4, -0.2) is 4.98 Å². The molecule has 1 heterocycles. The molecule has 3 heteroatoms. The van der Waals surface area contributed by atoms with Gasteiger partial charge in [-0.3, -0.25) is 0 Å². The second-order valence-electron chi connectivity index (χ2n) is 4.47. The van der Waals surface area contributed by atoms with E-state index in [1.165, 1.54) is 5.56 Å². The van der Waals surface area contributed by atoms with E-state index in [1.807, 2.05) is 25.1 Å². The van der Waals surface area contributed by atoms with E-state index >= 15 is 0 Å². The first-order valence-corrected chi connectivity index (χ1v) is 6.40.